The minimum Gasteiger partial charge on any atom is -0.346 e. The number of H-pyrrole nitrogens is 1. The molecule has 0 bridgehead atoms. The quantitative estimate of drug-likeness (QED) is 0.266. The van der Waals surface area contributed by atoms with Gasteiger partial charge in [0.2, 0.25) is 0 Å². The highest BCUT2D eigenvalue weighted by molar-refractivity contribution is 5.95. The fraction of sp³-hybridized carbons (Fsp3) is 0.441. The number of nitrogens with one attached hydrogen (secondary N) is 2. The van der Waals surface area contributed by atoms with Gasteiger partial charge in [-0.2, -0.15) is 10.4 Å². The van der Waals surface area contributed by atoms with Gasteiger partial charge < -0.3 is 20.1 Å². The summed E-state index contributed by atoms with van der Waals surface area (Å²) in [6, 6.07) is 9.71. The summed E-state index contributed by atoms with van der Waals surface area (Å²) in [5, 5.41) is 16.3. The minimum atomic E-state index is -1.46. The third-order valence-electron chi connectivity index (χ3n) is 7.87. The number of aromatic amines is 1. The molecule has 0 unspecified atom stereocenters. The summed E-state index contributed by atoms with van der Waals surface area (Å²) in [5.74, 6) is 0.820. The molecule has 0 atom stereocenters. The van der Waals surface area contributed by atoms with Crippen LogP contribution >= 0.6 is 0 Å². The van der Waals surface area contributed by atoms with Gasteiger partial charge in [0.05, 0.1) is 24.0 Å². The maximum atomic E-state index is 14.4. The standard InChI is InChI=1S/C17H26FN3O.C14H15N5.C3H3N.H2/c1-17(2,18)15-10-13(12-20(3)4)9-14(11-15)16(22)21-7-5-19-6-8-21;1-9-4-11(5-9)19-7-10(6-18-19)13-12-2-3-15-14(12)17-8-16-13;1-2-3-4;/h9-11,19H,5-8,12H2,1-4H3;2-3,6-9,11H,4-5H2,1H3,(H,15,16,17);2H,1H2;1H. The van der Waals surface area contributed by atoms with E-state index in [-0.39, 0.29) is 7.33 Å². The molecule has 11 heteroatoms. The molecule has 0 spiro atoms. The molecule has 4 heterocycles. The van der Waals surface area contributed by atoms with Gasteiger partial charge in [-0.3, -0.25) is 9.48 Å². The zero-order valence-corrected chi connectivity index (χ0v) is 26.9. The number of hydrogen-bond acceptors (Lipinski definition) is 7. The molecule has 10 nitrogen and oxygen atoms in total. The van der Waals surface area contributed by atoms with Gasteiger partial charge in [0.15, 0.2) is 0 Å². The molecule has 1 aliphatic heterocycles. The van der Waals surface area contributed by atoms with Crippen molar-refractivity contribution in [3.63, 3.8) is 0 Å². The highest BCUT2D eigenvalue weighted by Crippen LogP contribution is 2.37. The van der Waals surface area contributed by atoms with Gasteiger partial charge in [-0.05, 0) is 76.0 Å². The molecule has 2 N–H and O–H groups in total. The Morgan fingerprint density at radius 3 is 2.58 bits per heavy atom. The number of benzene rings is 1. The summed E-state index contributed by atoms with van der Waals surface area (Å²) >= 11 is 0. The van der Waals surface area contributed by atoms with Crippen LogP contribution in [0.2, 0.25) is 0 Å². The Hall–Kier alpha value is -4.40. The van der Waals surface area contributed by atoms with E-state index in [0.29, 0.717) is 36.8 Å². The van der Waals surface area contributed by atoms with Crippen LogP contribution in [0.4, 0.5) is 4.39 Å². The molecule has 4 aromatic rings. The number of halogens is 1. The van der Waals surface area contributed by atoms with Crippen LogP contribution in [0.5, 0.6) is 0 Å². The largest absolute Gasteiger partial charge is 0.346 e. The molecule has 240 valence electrons. The average Bonchev–Trinajstić information content (AvgIpc) is 3.69. The number of hydrogen-bond donors (Lipinski definition) is 2. The number of rotatable bonds is 6. The molecule has 1 aliphatic carbocycles. The van der Waals surface area contributed by atoms with Gasteiger partial charge in [0.1, 0.15) is 17.6 Å². The third kappa shape index (κ3) is 8.84. The Morgan fingerprint density at radius 2 is 1.96 bits per heavy atom. The summed E-state index contributed by atoms with van der Waals surface area (Å²) in [6.45, 7) is 12.2. The van der Waals surface area contributed by atoms with E-state index in [1.165, 1.54) is 32.8 Å². The second kappa shape index (κ2) is 15.1. The number of aromatic nitrogens is 5. The lowest BCUT2D eigenvalue weighted by Gasteiger charge is -2.32. The molecule has 3 aromatic heterocycles. The van der Waals surface area contributed by atoms with Crippen LogP contribution in [0.25, 0.3) is 22.3 Å². The molecule has 45 heavy (non-hydrogen) atoms. The zero-order valence-electron chi connectivity index (χ0n) is 26.9. The van der Waals surface area contributed by atoms with Crippen molar-refractivity contribution in [2.45, 2.75) is 51.9 Å². The van der Waals surface area contributed by atoms with Gasteiger partial charge in [0.25, 0.3) is 5.91 Å². The highest BCUT2D eigenvalue weighted by atomic mass is 19.1. The minimum absolute atomic E-state index is 0. The van der Waals surface area contributed by atoms with E-state index in [0.717, 1.165) is 46.9 Å². The number of carbonyl (C=O) groups is 1. The smallest absolute Gasteiger partial charge is 0.253 e. The van der Waals surface area contributed by atoms with Crippen LogP contribution < -0.4 is 5.32 Å². The summed E-state index contributed by atoms with van der Waals surface area (Å²) in [6.07, 6.45) is 11.1. The van der Waals surface area contributed by atoms with Crippen LogP contribution in [0, 0.1) is 17.2 Å². The van der Waals surface area contributed by atoms with Crippen molar-refractivity contribution < 1.29 is 10.6 Å². The fourth-order valence-electron chi connectivity index (χ4n) is 5.50. The molecular formula is C34H46FN9O. The van der Waals surface area contributed by atoms with Gasteiger partial charge in [-0.15, -0.1) is 0 Å². The third-order valence-corrected chi connectivity index (χ3v) is 7.87. The molecule has 1 saturated carbocycles. The van der Waals surface area contributed by atoms with Gasteiger partial charge in [-0.1, -0.05) is 19.6 Å². The number of alkyl halides is 1. The van der Waals surface area contributed by atoms with Crippen LogP contribution in [0.15, 0.2) is 61.8 Å². The Balaban J connectivity index is 0.000000221. The first-order valence-corrected chi connectivity index (χ1v) is 15.3. The summed E-state index contributed by atoms with van der Waals surface area (Å²) in [7, 11) is 3.93. The first-order chi connectivity index (χ1) is 21.5. The number of nitriles is 1. The van der Waals surface area contributed by atoms with Crippen molar-refractivity contribution in [1.82, 2.24) is 39.8 Å². The lowest BCUT2D eigenvalue weighted by Crippen LogP contribution is -2.46. The van der Waals surface area contributed by atoms with E-state index in [1.54, 1.807) is 18.5 Å². The van der Waals surface area contributed by atoms with E-state index in [2.05, 4.69) is 49.7 Å². The lowest BCUT2D eigenvalue weighted by atomic mass is 9.82. The Bertz CT molecular complexity index is 1620. The number of carbonyl (C=O) groups excluding carboxylic acids is 1. The van der Waals surface area contributed by atoms with Crippen LogP contribution in [0.3, 0.4) is 0 Å². The van der Waals surface area contributed by atoms with Crippen LogP contribution in [-0.2, 0) is 12.2 Å². The number of amides is 1. The normalized spacial score (nSPS) is 17.8. The molecular weight excluding hydrogens is 569 g/mol. The number of allylic oxidation sites excluding steroid dienone is 1. The van der Waals surface area contributed by atoms with Gasteiger partial charge in [0, 0.05) is 69.1 Å². The second-order valence-electron chi connectivity index (χ2n) is 12.4. The average molecular weight is 616 g/mol. The van der Waals surface area contributed by atoms with Gasteiger partial charge >= 0.3 is 0 Å². The molecule has 2 aliphatic rings. The SMILES string of the molecule is C=CC#N.CC1CC(n2cc(-c3ncnc4[nH]ccc34)cn2)C1.CN(C)Cc1cc(C(=O)N2CCNCC2)cc(C(C)(C)F)c1.[HH]. The van der Waals surface area contributed by atoms with Crippen LogP contribution in [-0.4, -0.2) is 80.7 Å². The van der Waals surface area contributed by atoms with Crippen molar-refractivity contribution in [2.24, 2.45) is 5.92 Å². The fourth-order valence-corrected chi connectivity index (χ4v) is 5.50. The Kier molecular flexibility index (Phi) is 11.2. The van der Waals surface area contributed by atoms with Crippen LogP contribution in [0.1, 0.15) is 62.6 Å². The topological polar surface area (TPSA) is 119 Å². The predicted molar refractivity (Wildman–Crippen MR) is 177 cm³/mol. The number of nitrogens with zero attached hydrogens (tertiary/aromatic N) is 7. The molecule has 1 saturated heterocycles. The monoisotopic (exact) mass is 615 g/mol. The van der Waals surface area contributed by atoms with E-state index < -0.39 is 5.67 Å². The number of fused-ring (bicyclic) bond motifs is 1. The maximum absolute atomic E-state index is 14.4. The molecule has 0 radical (unpaired) electrons. The molecule has 2 fully saturated rings. The summed E-state index contributed by atoms with van der Waals surface area (Å²) < 4.78 is 16.5. The van der Waals surface area contributed by atoms with Crippen molar-refractivity contribution in [2.75, 3.05) is 40.3 Å². The summed E-state index contributed by atoms with van der Waals surface area (Å²) in [5.41, 5.74) is 3.53. The van der Waals surface area contributed by atoms with E-state index in [4.69, 9.17) is 5.26 Å². The predicted octanol–water partition coefficient (Wildman–Crippen LogP) is 5.73. The number of piperazine rings is 1. The Labute approximate surface area is 266 Å². The maximum Gasteiger partial charge on any atom is 0.253 e. The van der Waals surface area contributed by atoms with E-state index in [9.17, 15) is 9.18 Å². The van der Waals surface area contributed by atoms with Gasteiger partial charge in [-0.25, -0.2) is 14.4 Å². The first-order valence-electron chi connectivity index (χ1n) is 15.3. The zero-order chi connectivity index (χ0) is 32.6. The van der Waals surface area contributed by atoms with Crippen molar-refractivity contribution in [1.29, 1.82) is 5.26 Å². The van der Waals surface area contributed by atoms with E-state index in [1.807, 2.05) is 54.5 Å². The second-order valence-corrected chi connectivity index (χ2v) is 12.4. The van der Waals surface area contributed by atoms with Crippen molar-refractivity contribution >= 4 is 16.9 Å². The highest BCUT2D eigenvalue weighted by Gasteiger charge is 2.28. The van der Waals surface area contributed by atoms with E-state index >= 15 is 0 Å². The van der Waals surface area contributed by atoms with Crippen molar-refractivity contribution in [3.05, 3.63) is 78.5 Å². The van der Waals surface area contributed by atoms with Crippen molar-refractivity contribution in [3.8, 4) is 17.3 Å². The Morgan fingerprint density at radius 1 is 1.24 bits per heavy atom. The first kappa shape index (κ1) is 33.5. The molecule has 1 amide bonds. The molecule has 6 rings (SSSR count). The molecule has 1 aromatic carbocycles. The lowest BCUT2D eigenvalue weighted by molar-refractivity contribution is 0.0735. The summed E-state index contributed by atoms with van der Waals surface area (Å²) in [4.78, 5) is 28.2.